The third kappa shape index (κ3) is 4.86. The Bertz CT molecular complexity index is 941. The van der Waals surface area contributed by atoms with Crippen LogP contribution in [0.5, 0.6) is 0 Å². The van der Waals surface area contributed by atoms with Gasteiger partial charge in [0.1, 0.15) is 5.82 Å². The SMILES string of the molecule is CN(Cc1c(F)cccc1Cl)C(=O)c1cccc(S(=O)(=O)NCC2CC2)c1. The normalized spacial score (nSPS) is 14.2. The molecular formula is C19H20ClFN2O3S. The van der Waals surface area contributed by atoms with Gasteiger partial charge in [-0.05, 0) is 49.1 Å². The van der Waals surface area contributed by atoms with Gasteiger partial charge >= 0.3 is 0 Å². The number of nitrogens with zero attached hydrogens (tertiary/aromatic N) is 1. The Labute approximate surface area is 163 Å². The summed E-state index contributed by atoms with van der Waals surface area (Å²) in [6.07, 6.45) is 2.06. The molecule has 0 aliphatic heterocycles. The first-order valence-electron chi connectivity index (χ1n) is 8.56. The minimum atomic E-state index is -3.67. The molecule has 0 bridgehead atoms. The van der Waals surface area contributed by atoms with Gasteiger partial charge in [-0.3, -0.25) is 4.79 Å². The van der Waals surface area contributed by atoms with Crippen LogP contribution >= 0.6 is 11.6 Å². The highest BCUT2D eigenvalue weighted by molar-refractivity contribution is 7.89. The summed E-state index contributed by atoms with van der Waals surface area (Å²) in [5.74, 6) is -0.516. The standard InChI is InChI=1S/C19H20ClFN2O3S/c1-23(12-16-17(20)6-3-7-18(16)21)19(24)14-4-2-5-15(10-14)27(25,26)22-11-13-8-9-13/h2-7,10,13,22H,8-9,11-12H2,1H3. The van der Waals surface area contributed by atoms with Gasteiger partial charge in [0.2, 0.25) is 10.0 Å². The largest absolute Gasteiger partial charge is 0.337 e. The minimum absolute atomic E-state index is 0.0265. The summed E-state index contributed by atoms with van der Waals surface area (Å²) in [6.45, 7) is 0.382. The first-order chi connectivity index (χ1) is 12.8. The quantitative estimate of drug-likeness (QED) is 0.760. The second kappa shape index (κ2) is 7.96. The molecular weight excluding hydrogens is 391 g/mol. The van der Waals surface area contributed by atoms with Crippen molar-refractivity contribution < 1.29 is 17.6 Å². The number of carbonyl (C=O) groups excluding carboxylic acids is 1. The average molecular weight is 411 g/mol. The summed E-state index contributed by atoms with van der Waals surface area (Å²) in [4.78, 5) is 14.0. The molecule has 1 N–H and O–H groups in total. The zero-order valence-corrected chi connectivity index (χ0v) is 16.4. The van der Waals surface area contributed by atoms with Crippen molar-refractivity contribution in [2.75, 3.05) is 13.6 Å². The van der Waals surface area contributed by atoms with E-state index in [2.05, 4.69) is 4.72 Å². The number of rotatable bonds is 7. The van der Waals surface area contributed by atoms with E-state index in [0.29, 0.717) is 12.5 Å². The summed E-state index contributed by atoms with van der Waals surface area (Å²) in [6, 6.07) is 10.1. The Hall–Kier alpha value is -1.96. The lowest BCUT2D eigenvalue weighted by molar-refractivity contribution is 0.0783. The van der Waals surface area contributed by atoms with E-state index in [1.165, 1.54) is 48.3 Å². The highest BCUT2D eigenvalue weighted by atomic mass is 35.5. The molecule has 27 heavy (non-hydrogen) atoms. The molecule has 1 amide bonds. The van der Waals surface area contributed by atoms with Crippen LogP contribution in [-0.2, 0) is 16.6 Å². The topological polar surface area (TPSA) is 66.5 Å². The Morgan fingerprint density at radius 3 is 2.63 bits per heavy atom. The number of hydrogen-bond donors (Lipinski definition) is 1. The van der Waals surface area contributed by atoms with Gasteiger partial charge in [0, 0.05) is 36.3 Å². The molecule has 2 aromatic carbocycles. The molecule has 1 aliphatic rings. The van der Waals surface area contributed by atoms with Crippen molar-refractivity contribution in [1.29, 1.82) is 0 Å². The average Bonchev–Trinajstić information content (AvgIpc) is 3.47. The van der Waals surface area contributed by atoms with Crippen LogP contribution in [0.15, 0.2) is 47.4 Å². The summed E-state index contributed by atoms with van der Waals surface area (Å²) in [5, 5.41) is 0.232. The molecule has 5 nitrogen and oxygen atoms in total. The van der Waals surface area contributed by atoms with Crippen molar-refractivity contribution >= 4 is 27.5 Å². The molecule has 144 valence electrons. The van der Waals surface area contributed by atoms with Crippen LogP contribution in [0.2, 0.25) is 5.02 Å². The predicted octanol–water partition coefficient (Wildman–Crippen LogP) is 3.44. The Morgan fingerprint density at radius 2 is 1.96 bits per heavy atom. The van der Waals surface area contributed by atoms with E-state index in [-0.39, 0.29) is 27.6 Å². The van der Waals surface area contributed by atoms with Crippen LogP contribution in [0.4, 0.5) is 4.39 Å². The number of nitrogens with one attached hydrogen (secondary N) is 1. The number of carbonyl (C=O) groups is 1. The first-order valence-corrected chi connectivity index (χ1v) is 10.4. The molecule has 1 fully saturated rings. The monoisotopic (exact) mass is 410 g/mol. The molecule has 8 heteroatoms. The lowest BCUT2D eigenvalue weighted by Crippen LogP contribution is -2.28. The van der Waals surface area contributed by atoms with Crippen LogP contribution in [0.1, 0.15) is 28.8 Å². The maximum atomic E-state index is 13.9. The third-order valence-corrected chi connectivity index (χ3v) is 6.23. The molecule has 0 aromatic heterocycles. The van der Waals surface area contributed by atoms with E-state index < -0.39 is 21.7 Å². The fourth-order valence-corrected chi connectivity index (χ4v) is 4.03. The van der Waals surface area contributed by atoms with Crippen LogP contribution in [0.3, 0.4) is 0 Å². The van der Waals surface area contributed by atoms with E-state index >= 15 is 0 Å². The van der Waals surface area contributed by atoms with Crippen molar-refractivity contribution in [3.63, 3.8) is 0 Å². The first kappa shape index (κ1) is 19.8. The number of hydrogen-bond acceptors (Lipinski definition) is 3. The Kier molecular flexibility index (Phi) is 5.83. The summed E-state index contributed by atoms with van der Waals surface area (Å²) in [5.41, 5.74) is 0.421. The lowest BCUT2D eigenvalue weighted by Gasteiger charge is -2.19. The minimum Gasteiger partial charge on any atom is -0.337 e. The maximum absolute atomic E-state index is 13.9. The van der Waals surface area contributed by atoms with Crippen LogP contribution < -0.4 is 4.72 Å². The van der Waals surface area contributed by atoms with E-state index in [0.717, 1.165) is 12.8 Å². The fraction of sp³-hybridized carbons (Fsp3) is 0.316. The second-order valence-corrected chi connectivity index (χ2v) is 8.86. The lowest BCUT2D eigenvalue weighted by atomic mass is 10.1. The molecule has 1 aliphatic carbocycles. The number of benzene rings is 2. The fourth-order valence-electron chi connectivity index (χ4n) is 2.64. The molecule has 0 heterocycles. The molecule has 0 atom stereocenters. The Balaban J connectivity index is 1.76. The third-order valence-electron chi connectivity index (χ3n) is 4.45. The maximum Gasteiger partial charge on any atom is 0.253 e. The van der Waals surface area contributed by atoms with Gasteiger partial charge in [-0.2, -0.15) is 0 Å². The van der Waals surface area contributed by atoms with Crippen molar-refractivity contribution in [2.45, 2.75) is 24.3 Å². The second-order valence-electron chi connectivity index (χ2n) is 6.68. The molecule has 1 saturated carbocycles. The van der Waals surface area contributed by atoms with E-state index in [1.807, 2.05) is 0 Å². The molecule has 0 unspecified atom stereocenters. The number of amides is 1. The van der Waals surface area contributed by atoms with E-state index in [4.69, 9.17) is 11.6 Å². The van der Waals surface area contributed by atoms with Crippen molar-refractivity contribution in [3.8, 4) is 0 Å². The molecule has 0 spiro atoms. The van der Waals surface area contributed by atoms with Gasteiger partial charge < -0.3 is 4.90 Å². The van der Waals surface area contributed by atoms with Gasteiger partial charge in [-0.25, -0.2) is 17.5 Å². The van der Waals surface area contributed by atoms with Gasteiger partial charge in [0.05, 0.1) is 4.90 Å². The molecule has 2 aromatic rings. The summed E-state index contributed by atoms with van der Waals surface area (Å²) >= 11 is 6.01. The zero-order valence-electron chi connectivity index (χ0n) is 14.8. The van der Waals surface area contributed by atoms with E-state index in [9.17, 15) is 17.6 Å². The molecule has 0 saturated heterocycles. The number of sulfonamides is 1. The van der Waals surface area contributed by atoms with Gasteiger partial charge in [-0.15, -0.1) is 0 Å². The molecule has 0 radical (unpaired) electrons. The number of halogens is 2. The summed E-state index contributed by atoms with van der Waals surface area (Å²) in [7, 11) is -2.16. The van der Waals surface area contributed by atoms with Crippen LogP contribution in [0.25, 0.3) is 0 Å². The highest BCUT2D eigenvalue weighted by Crippen LogP contribution is 2.28. The van der Waals surface area contributed by atoms with Crippen molar-refractivity contribution in [2.24, 2.45) is 5.92 Å². The van der Waals surface area contributed by atoms with Crippen LogP contribution in [-0.4, -0.2) is 32.8 Å². The smallest absolute Gasteiger partial charge is 0.253 e. The van der Waals surface area contributed by atoms with E-state index in [1.54, 1.807) is 6.07 Å². The van der Waals surface area contributed by atoms with Gasteiger partial charge in [0.15, 0.2) is 0 Å². The Morgan fingerprint density at radius 1 is 1.26 bits per heavy atom. The van der Waals surface area contributed by atoms with Crippen LogP contribution in [0, 0.1) is 11.7 Å². The zero-order chi connectivity index (χ0) is 19.6. The summed E-state index contributed by atoms with van der Waals surface area (Å²) < 4.78 is 41.3. The van der Waals surface area contributed by atoms with Gasteiger partial charge in [-0.1, -0.05) is 23.7 Å². The highest BCUT2D eigenvalue weighted by Gasteiger charge is 2.25. The van der Waals surface area contributed by atoms with Gasteiger partial charge in [0.25, 0.3) is 5.91 Å². The van der Waals surface area contributed by atoms with Crippen molar-refractivity contribution in [1.82, 2.24) is 9.62 Å². The van der Waals surface area contributed by atoms with Crippen molar-refractivity contribution in [3.05, 3.63) is 64.4 Å². The molecule has 3 rings (SSSR count). The predicted molar refractivity (Wildman–Crippen MR) is 102 cm³/mol.